The maximum Gasteiger partial charge on any atom is 0.258 e. The minimum Gasteiger partial charge on any atom is -0.325 e. The molecule has 4 aromatic carbocycles. The van der Waals surface area contributed by atoms with Gasteiger partial charge in [-0.25, -0.2) is 4.39 Å². The van der Waals surface area contributed by atoms with E-state index in [2.05, 4.69) is 26.6 Å². The Balaban J connectivity index is 1.54. The first kappa shape index (κ1) is 23.7. The Morgan fingerprint density at radius 1 is 0.765 bits per heavy atom. The lowest BCUT2D eigenvalue weighted by Gasteiger charge is -2.18. The zero-order valence-corrected chi connectivity index (χ0v) is 20.3. The molecule has 1 atom stereocenters. The summed E-state index contributed by atoms with van der Waals surface area (Å²) in [6.07, 6.45) is 0. The predicted octanol–water partition coefficient (Wildman–Crippen LogP) is 7.31. The molecule has 0 saturated heterocycles. The number of carbonyl (C=O) groups is 2. The number of hydrogen-bond donors (Lipinski definition) is 2. The average molecular weight is 535 g/mol. The van der Waals surface area contributed by atoms with Crippen molar-refractivity contribution in [1.29, 1.82) is 0 Å². The quantitative estimate of drug-likeness (QED) is 0.244. The first-order chi connectivity index (χ1) is 16.5. The number of benzene rings is 4. The summed E-state index contributed by atoms with van der Waals surface area (Å²) in [4.78, 5) is 26.5. The van der Waals surface area contributed by atoms with Gasteiger partial charge in [-0.2, -0.15) is 0 Å². The van der Waals surface area contributed by atoms with Crippen LogP contribution in [0.3, 0.4) is 0 Å². The predicted molar refractivity (Wildman–Crippen MR) is 139 cm³/mol. The second-order valence-electron chi connectivity index (χ2n) is 7.37. The van der Waals surface area contributed by atoms with Gasteiger partial charge in [0.2, 0.25) is 5.91 Å². The molecule has 7 heteroatoms. The molecule has 0 aromatic heterocycles. The van der Waals surface area contributed by atoms with Gasteiger partial charge in [-0.1, -0.05) is 64.5 Å². The van der Waals surface area contributed by atoms with Crippen molar-refractivity contribution in [3.63, 3.8) is 0 Å². The normalized spacial score (nSPS) is 11.5. The zero-order chi connectivity index (χ0) is 23.9. The largest absolute Gasteiger partial charge is 0.325 e. The Hall–Kier alpha value is -3.42. The topological polar surface area (TPSA) is 58.2 Å². The van der Waals surface area contributed by atoms with E-state index >= 15 is 0 Å². The van der Waals surface area contributed by atoms with E-state index in [-0.39, 0.29) is 11.5 Å². The number of nitrogens with one attached hydrogen (secondary N) is 2. The van der Waals surface area contributed by atoms with Crippen LogP contribution in [0.15, 0.2) is 112 Å². The molecular formula is C27H20BrFN2O2S. The van der Waals surface area contributed by atoms with Gasteiger partial charge in [-0.3, -0.25) is 9.59 Å². The third-order valence-corrected chi connectivity index (χ3v) is 6.69. The molecule has 4 rings (SSSR count). The monoisotopic (exact) mass is 534 g/mol. The van der Waals surface area contributed by atoms with Crippen LogP contribution in [0.25, 0.3) is 0 Å². The van der Waals surface area contributed by atoms with Crippen molar-refractivity contribution in [3.8, 4) is 0 Å². The van der Waals surface area contributed by atoms with E-state index < -0.39 is 17.0 Å². The van der Waals surface area contributed by atoms with Crippen LogP contribution in [0.4, 0.5) is 15.8 Å². The molecule has 0 saturated carbocycles. The fourth-order valence-corrected chi connectivity index (χ4v) is 4.62. The number of carbonyl (C=O) groups excluding carboxylic acids is 2. The molecule has 0 fully saturated rings. The van der Waals surface area contributed by atoms with Crippen LogP contribution in [0.5, 0.6) is 0 Å². The highest BCUT2D eigenvalue weighted by molar-refractivity contribution is 9.10. The number of hydrogen-bond acceptors (Lipinski definition) is 3. The fourth-order valence-electron chi connectivity index (χ4n) is 3.27. The number of rotatable bonds is 7. The molecule has 2 amide bonds. The summed E-state index contributed by atoms with van der Waals surface area (Å²) < 4.78 is 14.9. The van der Waals surface area contributed by atoms with Crippen LogP contribution in [0, 0.1) is 5.82 Å². The maximum absolute atomic E-state index is 14.0. The summed E-state index contributed by atoms with van der Waals surface area (Å²) in [5, 5.41) is 5.17. The smallest absolute Gasteiger partial charge is 0.258 e. The van der Waals surface area contributed by atoms with Gasteiger partial charge < -0.3 is 10.6 Å². The van der Waals surface area contributed by atoms with E-state index in [1.165, 1.54) is 30.0 Å². The third kappa shape index (κ3) is 6.12. The number of thioether (sulfide) groups is 1. The van der Waals surface area contributed by atoms with Gasteiger partial charge >= 0.3 is 0 Å². The summed E-state index contributed by atoms with van der Waals surface area (Å²) in [6, 6.07) is 29.8. The minimum atomic E-state index is -0.584. The Morgan fingerprint density at radius 2 is 1.47 bits per heavy atom. The van der Waals surface area contributed by atoms with Gasteiger partial charge in [0.05, 0.1) is 5.56 Å². The molecule has 0 aliphatic carbocycles. The van der Waals surface area contributed by atoms with E-state index in [1.807, 2.05) is 60.7 Å². The summed E-state index contributed by atoms with van der Waals surface area (Å²) >= 11 is 4.76. The number of amides is 2. The number of halogens is 2. The van der Waals surface area contributed by atoms with Crippen molar-refractivity contribution in [2.45, 2.75) is 10.1 Å². The summed E-state index contributed by atoms with van der Waals surface area (Å²) in [5.74, 6) is -1.29. The number of anilines is 2. The first-order valence-electron chi connectivity index (χ1n) is 10.4. The molecule has 0 radical (unpaired) electrons. The lowest BCUT2D eigenvalue weighted by molar-refractivity contribution is -0.115. The van der Waals surface area contributed by atoms with Crippen molar-refractivity contribution in [3.05, 3.63) is 125 Å². The third-order valence-electron chi connectivity index (χ3n) is 4.92. The van der Waals surface area contributed by atoms with Crippen molar-refractivity contribution in [2.75, 3.05) is 10.6 Å². The highest BCUT2D eigenvalue weighted by atomic mass is 79.9. The van der Waals surface area contributed by atoms with Crippen LogP contribution in [0.2, 0.25) is 0 Å². The van der Waals surface area contributed by atoms with E-state index in [4.69, 9.17) is 0 Å². The molecule has 0 aliphatic heterocycles. The van der Waals surface area contributed by atoms with Crippen LogP contribution < -0.4 is 10.6 Å². The van der Waals surface area contributed by atoms with E-state index in [0.717, 1.165) is 14.9 Å². The molecular weight excluding hydrogens is 515 g/mol. The highest BCUT2D eigenvalue weighted by Crippen LogP contribution is 2.37. The summed E-state index contributed by atoms with van der Waals surface area (Å²) in [7, 11) is 0. The van der Waals surface area contributed by atoms with Gasteiger partial charge in [0.15, 0.2) is 0 Å². The SMILES string of the molecule is O=C(Nc1cccc(SC(C(=O)Nc2ccc(Br)cc2)c2ccccc2)c1)c1ccccc1F. The van der Waals surface area contributed by atoms with Gasteiger partial charge in [-0.05, 0) is 60.2 Å². The second-order valence-corrected chi connectivity index (χ2v) is 9.46. The minimum absolute atomic E-state index is 0.0309. The van der Waals surface area contributed by atoms with E-state index in [0.29, 0.717) is 11.4 Å². The molecule has 170 valence electrons. The van der Waals surface area contributed by atoms with Gasteiger partial charge in [0.25, 0.3) is 5.91 Å². The first-order valence-corrected chi connectivity index (χ1v) is 12.1. The van der Waals surface area contributed by atoms with Gasteiger partial charge in [-0.15, -0.1) is 11.8 Å². The van der Waals surface area contributed by atoms with Crippen molar-refractivity contribution in [1.82, 2.24) is 0 Å². The summed E-state index contributed by atoms with van der Waals surface area (Å²) in [5.41, 5.74) is 2.03. The Bertz CT molecular complexity index is 1300. The van der Waals surface area contributed by atoms with Gasteiger partial charge in [0, 0.05) is 20.7 Å². The van der Waals surface area contributed by atoms with Crippen LogP contribution >= 0.6 is 27.7 Å². The molecule has 4 aromatic rings. The van der Waals surface area contributed by atoms with Crippen molar-refractivity contribution in [2.24, 2.45) is 0 Å². The Morgan fingerprint density at radius 3 is 2.21 bits per heavy atom. The van der Waals surface area contributed by atoms with Crippen molar-refractivity contribution < 1.29 is 14.0 Å². The molecule has 34 heavy (non-hydrogen) atoms. The zero-order valence-electron chi connectivity index (χ0n) is 17.9. The molecule has 4 nitrogen and oxygen atoms in total. The Labute approximate surface area is 209 Å². The van der Waals surface area contributed by atoms with Gasteiger partial charge in [0.1, 0.15) is 11.1 Å². The molecule has 2 N–H and O–H groups in total. The lowest BCUT2D eigenvalue weighted by atomic mass is 10.1. The molecule has 0 spiro atoms. The maximum atomic E-state index is 14.0. The highest BCUT2D eigenvalue weighted by Gasteiger charge is 2.22. The van der Waals surface area contributed by atoms with Crippen LogP contribution in [-0.4, -0.2) is 11.8 Å². The summed E-state index contributed by atoms with van der Waals surface area (Å²) in [6.45, 7) is 0. The standard InChI is InChI=1S/C27H20BrFN2O2S/c28-19-13-15-20(16-14-19)30-27(33)25(18-7-2-1-3-8-18)34-22-10-6-9-21(17-22)31-26(32)23-11-4-5-12-24(23)29/h1-17,25H,(H,30,33)(H,31,32). The van der Waals surface area contributed by atoms with E-state index in [1.54, 1.807) is 24.3 Å². The fraction of sp³-hybridized carbons (Fsp3) is 0.0370. The molecule has 0 aliphatic rings. The molecule has 0 bridgehead atoms. The molecule has 1 unspecified atom stereocenters. The van der Waals surface area contributed by atoms with Crippen LogP contribution in [0.1, 0.15) is 21.2 Å². The van der Waals surface area contributed by atoms with E-state index in [9.17, 15) is 14.0 Å². The van der Waals surface area contributed by atoms with Crippen molar-refractivity contribution >= 4 is 50.9 Å². The average Bonchev–Trinajstić information content (AvgIpc) is 2.85. The Kier molecular flexibility index (Phi) is 7.77. The molecule has 0 heterocycles. The second kappa shape index (κ2) is 11.1. The lowest BCUT2D eigenvalue weighted by Crippen LogP contribution is -2.19. The van der Waals surface area contributed by atoms with Crippen LogP contribution in [-0.2, 0) is 4.79 Å².